The molecular formula is C25H24N4O2. The minimum atomic E-state index is -1.02. The number of hydrogen-bond acceptors (Lipinski definition) is 3. The lowest BCUT2D eigenvalue weighted by Crippen LogP contribution is -2.49. The molecule has 1 atom stereocenters. The lowest BCUT2D eigenvalue weighted by atomic mass is 10.0. The molecule has 156 valence electrons. The van der Waals surface area contributed by atoms with Crippen LogP contribution in [0.1, 0.15) is 16.7 Å². The van der Waals surface area contributed by atoms with Gasteiger partial charge in [0, 0.05) is 24.7 Å². The van der Waals surface area contributed by atoms with Crippen molar-refractivity contribution in [3.05, 3.63) is 102 Å². The Bertz CT molecular complexity index is 1100. The number of likely N-dealkylation sites (N-methyl/N-ethyl adjacent to an activating group) is 1. The second-order valence-corrected chi connectivity index (χ2v) is 7.30. The van der Waals surface area contributed by atoms with Crippen molar-refractivity contribution in [1.82, 2.24) is 10.6 Å². The van der Waals surface area contributed by atoms with Gasteiger partial charge in [0.25, 0.3) is 5.91 Å². The fraction of sp³-hybridized carbons (Fsp3) is 0.160. The summed E-state index contributed by atoms with van der Waals surface area (Å²) in [5.41, 5.74) is 4.29. The highest BCUT2D eigenvalue weighted by atomic mass is 16.2. The lowest BCUT2D eigenvalue weighted by Gasteiger charge is -2.21. The number of rotatable bonds is 5. The second-order valence-electron chi connectivity index (χ2n) is 7.30. The summed E-state index contributed by atoms with van der Waals surface area (Å²) in [6.07, 6.45) is -0.319. The number of urea groups is 1. The molecule has 0 saturated carbocycles. The van der Waals surface area contributed by atoms with Crippen molar-refractivity contribution in [2.24, 2.45) is 4.99 Å². The summed E-state index contributed by atoms with van der Waals surface area (Å²) in [6, 6.07) is 26.8. The first-order chi connectivity index (χ1) is 15.1. The number of nitrogens with zero attached hydrogens (tertiary/aromatic N) is 2. The Morgan fingerprint density at radius 3 is 2.32 bits per heavy atom. The van der Waals surface area contributed by atoms with E-state index < -0.39 is 12.2 Å². The number of benzene rings is 3. The fourth-order valence-electron chi connectivity index (χ4n) is 3.58. The highest BCUT2D eigenvalue weighted by Gasteiger charge is 2.30. The zero-order valence-corrected chi connectivity index (χ0v) is 17.3. The van der Waals surface area contributed by atoms with Gasteiger partial charge < -0.3 is 15.5 Å². The molecule has 2 N–H and O–H groups in total. The Morgan fingerprint density at radius 1 is 0.935 bits per heavy atom. The highest BCUT2D eigenvalue weighted by Crippen LogP contribution is 2.27. The Labute approximate surface area is 181 Å². The number of carbonyl (C=O) groups is 2. The van der Waals surface area contributed by atoms with Crippen LogP contribution in [0.2, 0.25) is 0 Å². The molecule has 1 aliphatic heterocycles. The number of hydrogen-bond donors (Lipinski definition) is 2. The molecule has 0 saturated heterocycles. The molecule has 3 aromatic carbocycles. The largest absolute Gasteiger partial charge is 0.338 e. The minimum Gasteiger partial charge on any atom is -0.338 e. The van der Waals surface area contributed by atoms with E-state index in [0.29, 0.717) is 18.7 Å². The Morgan fingerprint density at radius 2 is 1.58 bits per heavy atom. The van der Waals surface area contributed by atoms with Crippen LogP contribution in [-0.2, 0) is 11.2 Å². The van der Waals surface area contributed by atoms with E-state index in [4.69, 9.17) is 0 Å². The molecule has 0 bridgehead atoms. The number of carbonyl (C=O) groups excluding carboxylic acids is 2. The van der Waals surface area contributed by atoms with Crippen molar-refractivity contribution in [1.29, 1.82) is 0 Å². The third-order valence-corrected chi connectivity index (χ3v) is 5.20. The first kappa shape index (κ1) is 20.3. The second kappa shape index (κ2) is 9.26. The van der Waals surface area contributed by atoms with E-state index in [9.17, 15) is 9.59 Å². The number of nitrogens with one attached hydrogen (secondary N) is 2. The molecule has 6 nitrogen and oxygen atoms in total. The van der Waals surface area contributed by atoms with E-state index in [-0.39, 0.29) is 5.91 Å². The first-order valence-corrected chi connectivity index (χ1v) is 10.2. The van der Waals surface area contributed by atoms with Gasteiger partial charge in [0.05, 0.1) is 11.4 Å². The van der Waals surface area contributed by atoms with E-state index >= 15 is 0 Å². The topological polar surface area (TPSA) is 73.8 Å². The molecule has 0 aliphatic carbocycles. The SMILES string of the molecule is CN1C(=O)[C@H](NC(=O)NCCc2ccccc2)N=C(c2ccccc2)c2ccccc21. The maximum Gasteiger partial charge on any atom is 0.316 e. The molecule has 0 aromatic heterocycles. The third-order valence-electron chi connectivity index (χ3n) is 5.20. The maximum atomic E-state index is 13.1. The molecule has 1 heterocycles. The van der Waals surface area contributed by atoms with Gasteiger partial charge in [-0.05, 0) is 18.1 Å². The molecule has 3 aromatic rings. The molecule has 0 spiro atoms. The summed E-state index contributed by atoms with van der Waals surface area (Å²) in [5.74, 6) is -0.295. The number of benzodiazepines with no additional fused rings is 1. The van der Waals surface area contributed by atoms with Crippen molar-refractivity contribution in [2.75, 3.05) is 18.5 Å². The lowest BCUT2D eigenvalue weighted by molar-refractivity contribution is -0.119. The van der Waals surface area contributed by atoms with Crippen LogP contribution in [0.5, 0.6) is 0 Å². The first-order valence-electron chi connectivity index (χ1n) is 10.2. The van der Waals surface area contributed by atoms with Gasteiger partial charge in [-0.25, -0.2) is 9.79 Å². The van der Waals surface area contributed by atoms with Crippen LogP contribution in [0.4, 0.5) is 10.5 Å². The van der Waals surface area contributed by atoms with Gasteiger partial charge >= 0.3 is 6.03 Å². The van der Waals surface area contributed by atoms with Crippen LogP contribution in [0.3, 0.4) is 0 Å². The average molecular weight is 412 g/mol. The Kier molecular flexibility index (Phi) is 6.08. The van der Waals surface area contributed by atoms with Crippen LogP contribution in [0.25, 0.3) is 0 Å². The van der Waals surface area contributed by atoms with Crippen molar-refractivity contribution in [3.8, 4) is 0 Å². The summed E-state index contributed by atoms with van der Waals surface area (Å²) in [6.45, 7) is 0.460. The molecule has 1 aliphatic rings. The van der Waals surface area contributed by atoms with E-state index in [0.717, 1.165) is 22.4 Å². The molecule has 3 amide bonds. The molecular weight excluding hydrogens is 388 g/mol. The van der Waals surface area contributed by atoms with Crippen molar-refractivity contribution in [3.63, 3.8) is 0 Å². The van der Waals surface area contributed by atoms with Crippen molar-refractivity contribution < 1.29 is 9.59 Å². The molecule has 0 radical (unpaired) electrons. The van der Waals surface area contributed by atoms with Gasteiger partial charge in [0.2, 0.25) is 6.17 Å². The van der Waals surface area contributed by atoms with Gasteiger partial charge in [-0.1, -0.05) is 78.9 Å². The van der Waals surface area contributed by atoms with Gasteiger partial charge in [-0.3, -0.25) is 4.79 Å². The van der Waals surface area contributed by atoms with Crippen molar-refractivity contribution >= 4 is 23.3 Å². The standard InChI is InChI=1S/C25H24N4O2/c1-29-21-15-9-8-14-20(21)22(19-12-6-3-7-13-19)27-23(24(29)30)28-25(31)26-17-16-18-10-4-2-5-11-18/h2-15,23H,16-17H2,1H3,(H2,26,28,31)/t23-/m0/s1. The van der Waals surface area contributed by atoms with E-state index in [1.54, 1.807) is 11.9 Å². The normalized spacial score (nSPS) is 15.5. The van der Waals surface area contributed by atoms with E-state index in [1.165, 1.54) is 0 Å². The molecule has 0 fully saturated rings. The minimum absolute atomic E-state index is 0.295. The smallest absolute Gasteiger partial charge is 0.316 e. The van der Waals surface area contributed by atoms with Gasteiger partial charge in [0.1, 0.15) is 0 Å². The average Bonchev–Trinajstić information content (AvgIpc) is 2.91. The summed E-state index contributed by atoms with van der Waals surface area (Å²) in [7, 11) is 1.70. The van der Waals surface area contributed by atoms with Gasteiger partial charge in [-0.2, -0.15) is 0 Å². The highest BCUT2D eigenvalue weighted by molar-refractivity contribution is 6.20. The quantitative estimate of drug-likeness (QED) is 0.674. The number of aliphatic imine (C=N–C) groups is 1. The summed E-state index contributed by atoms with van der Waals surface area (Å²) in [5, 5.41) is 5.55. The van der Waals surface area contributed by atoms with Crippen molar-refractivity contribution in [2.45, 2.75) is 12.6 Å². The molecule has 0 unspecified atom stereocenters. The predicted octanol–water partition coefficient (Wildman–Crippen LogP) is 3.37. The van der Waals surface area contributed by atoms with Gasteiger partial charge in [0.15, 0.2) is 0 Å². The van der Waals surface area contributed by atoms with Crippen LogP contribution >= 0.6 is 0 Å². The summed E-state index contributed by atoms with van der Waals surface area (Å²) < 4.78 is 0. The molecule has 31 heavy (non-hydrogen) atoms. The van der Waals surface area contributed by atoms with E-state index in [2.05, 4.69) is 15.6 Å². The Balaban J connectivity index is 1.55. The number of fused-ring (bicyclic) bond motifs is 1. The number of amides is 3. The zero-order chi connectivity index (χ0) is 21.6. The summed E-state index contributed by atoms with van der Waals surface area (Å²) in [4.78, 5) is 31.8. The van der Waals surface area contributed by atoms with Crippen LogP contribution in [0.15, 0.2) is 89.9 Å². The predicted molar refractivity (Wildman–Crippen MR) is 122 cm³/mol. The zero-order valence-electron chi connectivity index (χ0n) is 17.3. The monoisotopic (exact) mass is 412 g/mol. The summed E-state index contributed by atoms with van der Waals surface area (Å²) >= 11 is 0. The number of para-hydroxylation sites is 1. The van der Waals surface area contributed by atoms with Crippen LogP contribution in [0, 0.1) is 0 Å². The fourth-order valence-corrected chi connectivity index (χ4v) is 3.58. The third kappa shape index (κ3) is 4.64. The van der Waals surface area contributed by atoms with E-state index in [1.807, 2.05) is 84.9 Å². The molecule has 6 heteroatoms. The van der Waals surface area contributed by atoms with Crippen LogP contribution in [-0.4, -0.2) is 37.4 Å². The Hall–Kier alpha value is -3.93. The van der Waals surface area contributed by atoms with Gasteiger partial charge in [-0.15, -0.1) is 0 Å². The van der Waals surface area contributed by atoms with Crippen LogP contribution < -0.4 is 15.5 Å². The maximum absolute atomic E-state index is 13.1. The molecule has 4 rings (SSSR count). The number of anilines is 1.